The number of H-pyrrole nitrogens is 1. The van der Waals surface area contributed by atoms with Gasteiger partial charge in [-0.05, 0) is 24.3 Å². The van der Waals surface area contributed by atoms with Crippen molar-refractivity contribution in [1.82, 2.24) is 10.2 Å². The lowest BCUT2D eigenvalue weighted by atomic mass is 10.0. The van der Waals surface area contributed by atoms with E-state index in [4.69, 9.17) is 4.74 Å². The van der Waals surface area contributed by atoms with Gasteiger partial charge in [0.15, 0.2) is 0 Å². The van der Waals surface area contributed by atoms with Gasteiger partial charge in [-0.25, -0.2) is 5.10 Å². The van der Waals surface area contributed by atoms with E-state index < -0.39 is 0 Å². The van der Waals surface area contributed by atoms with Crippen molar-refractivity contribution in [2.75, 3.05) is 7.11 Å². The van der Waals surface area contributed by atoms with E-state index in [1.807, 2.05) is 36.4 Å². The third kappa shape index (κ3) is 2.69. The second-order valence-corrected chi connectivity index (χ2v) is 5.59. The highest BCUT2D eigenvalue weighted by molar-refractivity contribution is 9.10. The van der Waals surface area contributed by atoms with Crippen molar-refractivity contribution in [3.8, 4) is 5.75 Å². The molecule has 0 fully saturated rings. The van der Waals surface area contributed by atoms with Gasteiger partial charge in [0, 0.05) is 21.8 Å². The summed E-state index contributed by atoms with van der Waals surface area (Å²) in [5.41, 5.74) is 1.66. The predicted octanol–water partition coefficient (Wildman–Crippen LogP) is 3.29. The molecule has 0 saturated heterocycles. The van der Waals surface area contributed by atoms with Crippen LogP contribution in [0.1, 0.15) is 11.3 Å². The minimum Gasteiger partial charge on any atom is -0.496 e. The zero-order valence-corrected chi connectivity index (χ0v) is 13.0. The lowest BCUT2D eigenvalue weighted by Crippen LogP contribution is -2.11. The molecule has 0 saturated carbocycles. The Labute approximate surface area is 129 Å². The summed E-state index contributed by atoms with van der Waals surface area (Å²) in [6.45, 7) is 0. The molecule has 0 aliphatic heterocycles. The van der Waals surface area contributed by atoms with Gasteiger partial charge in [0.05, 0.1) is 18.2 Å². The molecule has 0 aliphatic carbocycles. The molecule has 0 unspecified atom stereocenters. The van der Waals surface area contributed by atoms with Crippen LogP contribution in [0.5, 0.6) is 5.75 Å². The van der Waals surface area contributed by atoms with Crippen molar-refractivity contribution in [2.45, 2.75) is 6.42 Å². The summed E-state index contributed by atoms with van der Waals surface area (Å²) in [5.74, 6) is 0.801. The molecular formula is C16H13BrN2O2. The minimum atomic E-state index is -0.171. The Bertz CT molecular complexity index is 858. The number of hydrogen-bond donors (Lipinski definition) is 1. The molecule has 0 amide bonds. The smallest absolute Gasteiger partial charge is 0.272 e. The second kappa shape index (κ2) is 5.69. The molecule has 5 heteroatoms. The maximum absolute atomic E-state index is 11.8. The molecule has 106 valence electrons. The first-order chi connectivity index (χ1) is 10.2. The zero-order valence-electron chi connectivity index (χ0n) is 11.4. The summed E-state index contributed by atoms with van der Waals surface area (Å²) >= 11 is 3.47. The maximum atomic E-state index is 11.8. The van der Waals surface area contributed by atoms with Crippen molar-refractivity contribution >= 4 is 26.7 Å². The zero-order chi connectivity index (χ0) is 14.8. The predicted molar refractivity (Wildman–Crippen MR) is 85.9 cm³/mol. The van der Waals surface area contributed by atoms with Crippen LogP contribution in [0.4, 0.5) is 0 Å². The van der Waals surface area contributed by atoms with E-state index in [0.29, 0.717) is 11.8 Å². The van der Waals surface area contributed by atoms with Crippen molar-refractivity contribution in [3.63, 3.8) is 0 Å². The van der Waals surface area contributed by atoms with Crippen molar-refractivity contribution in [1.29, 1.82) is 0 Å². The number of aromatic amines is 1. The molecule has 0 atom stereocenters. The van der Waals surface area contributed by atoms with Crippen LogP contribution < -0.4 is 10.3 Å². The average Bonchev–Trinajstić information content (AvgIpc) is 2.51. The van der Waals surface area contributed by atoms with E-state index in [1.54, 1.807) is 13.2 Å². The van der Waals surface area contributed by atoms with E-state index in [1.165, 1.54) is 0 Å². The van der Waals surface area contributed by atoms with E-state index in [-0.39, 0.29) is 5.56 Å². The highest BCUT2D eigenvalue weighted by Crippen LogP contribution is 2.26. The van der Waals surface area contributed by atoms with Crippen LogP contribution in [-0.2, 0) is 6.42 Å². The summed E-state index contributed by atoms with van der Waals surface area (Å²) in [5, 5.41) is 8.27. The normalized spacial score (nSPS) is 10.8. The highest BCUT2D eigenvalue weighted by Gasteiger charge is 2.10. The van der Waals surface area contributed by atoms with E-state index >= 15 is 0 Å². The van der Waals surface area contributed by atoms with E-state index in [0.717, 1.165) is 26.9 Å². The number of hydrogen-bond acceptors (Lipinski definition) is 3. The van der Waals surface area contributed by atoms with E-state index in [2.05, 4.69) is 26.1 Å². The Kier molecular flexibility index (Phi) is 3.75. The van der Waals surface area contributed by atoms with Gasteiger partial charge < -0.3 is 4.74 Å². The standard InChI is InChI=1S/C16H13BrN2O2/c1-21-15-7-6-11(17)8-10(15)9-14-12-4-2-3-5-13(12)16(20)19-18-14/h2-8H,9H2,1H3,(H,19,20). The molecule has 0 bridgehead atoms. The first kappa shape index (κ1) is 13.8. The van der Waals surface area contributed by atoms with Gasteiger partial charge in [0.25, 0.3) is 5.56 Å². The largest absolute Gasteiger partial charge is 0.496 e. The molecule has 2 aromatic carbocycles. The number of ether oxygens (including phenoxy) is 1. The molecule has 1 aromatic heterocycles. The Morgan fingerprint density at radius 1 is 1.19 bits per heavy atom. The number of benzene rings is 2. The molecule has 1 heterocycles. The topological polar surface area (TPSA) is 55.0 Å². The van der Waals surface area contributed by atoms with Gasteiger partial charge in [0.1, 0.15) is 5.75 Å². The number of methoxy groups -OCH3 is 1. The SMILES string of the molecule is COc1ccc(Br)cc1Cc1n[nH]c(=O)c2ccccc12. The Balaban J connectivity index is 2.13. The summed E-state index contributed by atoms with van der Waals surface area (Å²) in [6, 6.07) is 13.3. The molecule has 3 aromatic rings. The van der Waals surface area contributed by atoms with Crippen LogP contribution in [-0.4, -0.2) is 17.3 Å². The fraction of sp³-hybridized carbons (Fsp3) is 0.125. The Morgan fingerprint density at radius 3 is 2.71 bits per heavy atom. The average molecular weight is 345 g/mol. The first-order valence-corrected chi connectivity index (χ1v) is 7.27. The van der Waals surface area contributed by atoms with Gasteiger partial charge >= 0.3 is 0 Å². The van der Waals surface area contributed by atoms with Gasteiger partial charge in [-0.15, -0.1) is 0 Å². The van der Waals surface area contributed by atoms with Crippen LogP contribution in [0.3, 0.4) is 0 Å². The van der Waals surface area contributed by atoms with Crippen molar-refractivity contribution < 1.29 is 4.74 Å². The second-order valence-electron chi connectivity index (χ2n) is 4.68. The Morgan fingerprint density at radius 2 is 1.95 bits per heavy atom. The highest BCUT2D eigenvalue weighted by atomic mass is 79.9. The molecule has 1 N–H and O–H groups in total. The van der Waals surface area contributed by atoms with Crippen LogP contribution in [0.2, 0.25) is 0 Å². The summed E-state index contributed by atoms with van der Waals surface area (Å²) in [6.07, 6.45) is 0.583. The number of halogens is 1. The van der Waals surface area contributed by atoms with Crippen LogP contribution in [0, 0.1) is 0 Å². The fourth-order valence-electron chi connectivity index (χ4n) is 2.37. The van der Waals surface area contributed by atoms with Gasteiger partial charge in [0.2, 0.25) is 0 Å². The lowest BCUT2D eigenvalue weighted by Gasteiger charge is -2.10. The first-order valence-electron chi connectivity index (χ1n) is 6.48. The van der Waals surface area contributed by atoms with Crippen LogP contribution >= 0.6 is 15.9 Å². The summed E-state index contributed by atoms with van der Waals surface area (Å²) < 4.78 is 6.37. The molecular weight excluding hydrogens is 332 g/mol. The Hall–Kier alpha value is -2.14. The summed E-state index contributed by atoms with van der Waals surface area (Å²) in [4.78, 5) is 11.8. The van der Waals surface area contributed by atoms with Gasteiger partial charge in [-0.1, -0.05) is 34.1 Å². The molecule has 0 spiro atoms. The number of nitrogens with zero attached hydrogens (tertiary/aromatic N) is 1. The number of aromatic nitrogens is 2. The van der Waals surface area contributed by atoms with E-state index in [9.17, 15) is 4.79 Å². The molecule has 3 rings (SSSR count). The quantitative estimate of drug-likeness (QED) is 0.793. The third-order valence-electron chi connectivity index (χ3n) is 3.38. The number of rotatable bonds is 3. The maximum Gasteiger partial charge on any atom is 0.272 e. The number of fused-ring (bicyclic) bond motifs is 1. The molecule has 21 heavy (non-hydrogen) atoms. The minimum absolute atomic E-state index is 0.171. The fourth-order valence-corrected chi connectivity index (χ4v) is 2.78. The number of nitrogens with one attached hydrogen (secondary N) is 1. The van der Waals surface area contributed by atoms with Gasteiger partial charge in [-0.2, -0.15) is 5.10 Å². The van der Waals surface area contributed by atoms with Crippen LogP contribution in [0.25, 0.3) is 10.8 Å². The molecule has 4 nitrogen and oxygen atoms in total. The molecule has 0 aliphatic rings. The van der Waals surface area contributed by atoms with Crippen molar-refractivity contribution in [3.05, 3.63) is 68.5 Å². The monoisotopic (exact) mass is 344 g/mol. The third-order valence-corrected chi connectivity index (χ3v) is 3.87. The lowest BCUT2D eigenvalue weighted by molar-refractivity contribution is 0.410. The van der Waals surface area contributed by atoms with Gasteiger partial charge in [-0.3, -0.25) is 4.79 Å². The molecule has 0 radical (unpaired) electrons. The summed E-state index contributed by atoms with van der Waals surface area (Å²) in [7, 11) is 1.64. The van der Waals surface area contributed by atoms with Crippen LogP contribution in [0.15, 0.2) is 51.7 Å². The van der Waals surface area contributed by atoms with Crippen molar-refractivity contribution in [2.24, 2.45) is 0 Å².